The summed E-state index contributed by atoms with van der Waals surface area (Å²) in [5.41, 5.74) is -0.720. The molecule has 0 spiro atoms. The van der Waals surface area contributed by atoms with Crippen LogP contribution in [-0.2, 0) is 23.9 Å². The van der Waals surface area contributed by atoms with Gasteiger partial charge < -0.3 is 4.74 Å². The summed E-state index contributed by atoms with van der Waals surface area (Å²) in [5, 5.41) is 21.6. The van der Waals surface area contributed by atoms with E-state index in [1.807, 2.05) is 19.9 Å². The first-order valence-electron chi connectivity index (χ1n) is 7.64. The number of alkyl halides is 3. The zero-order valence-electron chi connectivity index (χ0n) is 13.9. The third-order valence-corrected chi connectivity index (χ3v) is 4.46. The molecule has 0 saturated heterocycles. The van der Waals surface area contributed by atoms with Crippen molar-refractivity contribution in [2.45, 2.75) is 38.7 Å². The van der Waals surface area contributed by atoms with Crippen LogP contribution in [0, 0.1) is 16.7 Å². The molecule has 5 nitrogen and oxygen atoms in total. The number of ether oxygens (including phenoxy) is 1. The fourth-order valence-corrected chi connectivity index (χ4v) is 3.07. The molecule has 0 amide bonds. The number of hydrogen-bond acceptors (Lipinski definition) is 4. The molecular weight excluding hydrogens is 369 g/mol. The van der Waals surface area contributed by atoms with Crippen LogP contribution >= 0.6 is 11.6 Å². The van der Waals surface area contributed by atoms with Gasteiger partial charge in [-0.3, -0.25) is 5.41 Å². The maximum atomic E-state index is 13.1. The number of benzene rings is 1. The molecule has 3 rings (SSSR count). The molecule has 0 saturated carbocycles. The molecule has 9 heteroatoms. The van der Waals surface area contributed by atoms with Crippen LogP contribution in [0.5, 0.6) is 0 Å². The first-order chi connectivity index (χ1) is 12.0. The quantitative estimate of drug-likeness (QED) is 0.816. The summed E-state index contributed by atoms with van der Waals surface area (Å²) in [6.45, 7) is 3.82. The SMILES string of the molecule is CC1(C)Cc2c(nn(-c3ccc(Cl)c(C(F)(F)F)c3)c(=N)c2C#N)CO1. The molecular formula is C17H14ClF3N4O. The number of nitrogens with zero attached hydrogens (tertiary/aromatic N) is 3. The van der Waals surface area contributed by atoms with E-state index >= 15 is 0 Å². The van der Waals surface area contributed by atoms with E-state index < -0.39 is 22.4 Å². The average molecular weight is 383 g/mol. The van der Waals surface area contributed by atoms with E-state index in [4.69, 9.17) is 21.7 Å². The molecule has 1 aliphatic heterocycles. The number of hydrogen-bond donors (Lipinski definition) is 1. The van der Waals surface area contributed by atoms with Gasteiger partial charge in [-0.05, 0) is 32.0 Å². The minimum Gasteiger partial charge on any atom is -0.369 e. The van der Waals surface area contributed by atoms with Gasteiger partial charge in [-0.25, -0.2) is 4.68 Å². The topological polar surface area (TPSA) is 74.7 Å². The second kappa shape index (κ2) is 6.11. The van der Waals surface area contributed by atoms with Crippen molar-refractivity contribution >= 4 is 11.6 Å². The molecule has 2 heterocycles. The predicted octanol–water partition coefficient (Wildman–Crippen LogP) is 3.75. The van der Waals surface area contributed by atoms with Crippen molar-refractivity contribution in [1.29, 1.82) is 10.7 Å². The molecule has 0 fully saturated rings. The van der Waals surface area contributed by atoms with Crippen molar-refractivity contribution in [2.24, 2.45) is 0 Å². The molecule has 1 N–H and O–H groups in total. The highest BCUT2D eigenvalue weighted by Gasteiger charge is 2.34. The van der Waals surface area contributed by atoms with Crippen molar-refractivity contribution in [1.82, 2.24) is 9.78 Å². The van der Waals surface area contributed by atoms with Crippen LogP contribution in [0.1, 0.15) is 36.2 Å². The molecule has 26 heavy (non-hydrogen) atoms. The Morgan fingerprint density at radius 3 is 2.69 bits per heavy atom. The second-order valence-corrected chi connectivity index (χ2v) is 6.97. The molecule has 2 aromatic rings. The molecule has 0 unspecified atom stereocenters. The number of nitriles is 1. The Hall–Kier alpha value is -2.37. The highest BCUT2D eigenvalue weighted by atomic mass is 35.5. The van der Waals surface area contributed by atoms with Crippen LogP contribution in [-0.4, -0.2) is 15.4 Å². The minimum absolute atomic E-state index is 0.00383. The van der Waals surface area contributed by atoms with E-state index in [1.54, 1.807) is 0 Å². The lowest BCUT2D eigenvalue weighted by atomic mass is 9.92. The van der Waals surface area contributed by atoms with Gasteiger partial charge >= 0.3 is 6.18 Å². The van der Waals surface area contributed by atoms with E-state index in [9.17, 15) is 18.4 Å². The highest BCUT2D eigenvalue weighted by Crippen LogP contribution is 2.36. The Kier molecular flexibility index (Phi) is 4.33. The van der Waals surface area contributed by atoms with Gasteiger partial charge in [0.15, 0.2) is 5.49 Å². The fourth-order valence-electron chi connectivity index (χ4n) is 2.84. The van der Waals surface area contributed by atoms with Crippen LogP contribution in [0.25, 0.3) is 5.69 Å². The lowest BCUT2D eigenvalue weighted by Gasteiger charge is -2.32. The molecule has 0 atom stereocenters. The summed E-state index contributed by atoms with van der Waals surface area (Å²) >= 11 is 5.64. The first-order valence-corrected chi connectivity index (χ1v) is 8.02. The number of rotatable bonds is 1. The molecule has 0 radical (unpaired) electrons. The molecule has 0 bridgehead atoms. The molecule has 136 valence electrons. The van der Waals surface area contributed by atoms with Crippen LogP contribution in [0.4, 0.5) is 13.2 Å². The smallest absolute Gasteiger partial charge is 0.369 e. The van der Waals surface area contributed by atoms with Gasteiger partial charge in [-0.2, -0.15) is 23.5 Å². The van der Waals surface area contributed by atoms with Gasteiger partial charge in [0, 0.05) is 12.0 Å². The lowest BCUT2D eigenvalue weighted by molar-refractivity contribution is -0.137. The summed E-state index contributed by atoms with van der Waals surface area (Å²) in [6, 6.07) is 5.21. The van der Waals surface area contributed by atoms with Crippen molar-refractivity contribution in [2.75, 3.05) is 0 Å². The molecule has 1 aromatic carbocycles. The van der Waals surface area contributed by atoms with E-state index in [-0.39, 0.29) is 23.3 Å². The number of aromatic nitrogens is 2. The van der Waals surface area contributed by atoms with Crippen molar-refractivity contribution in [3.8, 4) is 11.8 Å². The van der Waals surface area contributed by atoms with Gasteiger partial charge in [0.1, 0.15) is 11.6 Å². The molecule has 1 aromatic heterocycles. The van der Waals surface area contributed by atoms with Crippen LogP contribution < -0.4 is 5.49 Å². The van der Waals surface area contributed by atoms with Crippen molar-refractivity contribution in [3.05, 3.63) is 51.1 Å². The highest BCUT2D eigenvalue weighted by molar-refractivity contribution is 6.31. The number of fused-ring (bicyclic) bond motifs is 1. The third-order valence-electron chi connectivity index (χ3n) is 4.13. The third kappa shape index (κ3) is 3.20. The Morgan fingerprint density at radius 2 is 2.08 bits per heavy atom. The Balaban J connectivity index is 2.23. The normalized spacial score (nSPS) is 16.0. The van der Waals surface area contributed by atoms with Gasteiger partial charge in [0.25, 0.3) is 0 Å². The Labute approximate surface area is 152 Å². The van der Waals surface area contributed by atoms with E-state index in [0.717, 1.165) is 16.8 Å². The predicted molar refractivity (Wildman–Crippen MR) is 86.7 cm³/mol. The number of nitrogens with one attached hydrogen (secondary N) is 1. The van der Waals surface area contributed by atoms with E-state index in [0.29, 0.717) is 17.7 Å². The summed E-state index contributed by atoms with van der Waals surface area (Å²) in [5.74, 6) is 0. The maximum Gasteiger partial charge on any atom is 0.417 e. The first kappa shape index (κ1) is 18.4. The fraction of sp³-hybridized carbons (Fsp3) is 0.353. The Bertz CT molecular complexity index is 989. The van der Waals surface area contributed by atoms with E-state index in [2.05, 4.69) is 5.10 Å². The summed E-state index contributed by atoms with van der Waals surface area (Å²) in [7, 11) is 0. The molecule has 1 aliphatic rings. The standard InChI is InChI=1S/C17H14ClF3N4O/c1-16(2)6-10-11(7-22)15(23)25(24-14(10)8-26-16)9-3-4-13(18)12(5-9)17(19,20)21/h3-5,23H,6,8H2,1-2H3. The second-order valence-electron chi connectivity index (χ2n) is 6.56. The summed E-state index contributed by atoms with van der Waals surface area (Å²) in [4.78, 5) is 0. The van der Waals surface area contributed by atoms with Crippen LogP contribution in [0.2, 0.25) is 5.02 Å². The number of halogens is 4. The van der Waals surface area contributed by atoms with Gasteiger partial charge in [-0.1, -0.05) is 11.6 Å². The van der Waals surface area contributed by atoms with Gasteiger partial charge in [0.05, 0.1) is 34.2 Å². The van der Waals surface area contributed by atoms with Crippen molar-refractivity contribution in [3.63, 3.8) is 0 Å². The maximum absolute atomic E-state index is 13.1. The monoisotopic (exact) mass is 382 g/mol. The van der Waals surface area contributed by atoms with Crippen LogP contribution in [0.15, 0.2) is 18.2 Å². The molecule has 0 aliphatic carbocycles. The largest absolute Gasteiger partial charge is 0.417 e. The van der Waals surface area contributed by atoms with Gasteiger partial charge in [0.2, 0.25) is 0 Å². The van der Waals surface area contributed by atoms with Crippen molar-refractivity contribution < 1.29 is 17.9 Å². The van der Waals surface area contributed by atoms with Gasteiger partial charge in [-0.15, -0.1) is 0 Å². The van der Waals surface area contributed by atoms with Crippen LogP contribution in [0.3, 0.4) is 0 Å². The summed E-state index contributed by atoms with van der Waals surface area (Å²) in [6.07, 6.45) is -4.26. The lowest BCUT2D eigenvalue weighted by Crippen LogP contribution is -2.37. The summed E-state index contributed by atoms with van der Waals surface area (Å²) < 4.78 is 46.0. The Morgan fingerprint density at radius 1 is 1.38 bits per heavy atom. The zero-order chi connectivity index (χ0) is 19.3. The average Bonchev–Trinajstić information content (AvgIpc) is 2.53. The van der Waals surface area contributed by atoms with E-state index in [1.165, 1.54) is 6.07 Å². The minimum atomic E-state index is -4.64. The zero-order valence-corrected chi connectivity index (χ0v) is 14.7.